The van der Waals surface area contributed by atoms with Crippen LogP contribution in [-0.2, 0) is 18.9 Å². The summed E-state index contributed by atoms with van der Waals surface area (Å²) >= 11 is 0. The minimum Gasteiger partial charge on any atom is -0.491 e. The first kappa shape index (κ1) is 31.5. The Balaban J connectivity index is 0.971. The van der Waals surface area contributed by atoms with Crippen molar-refractivity contribution in [3.05, 3.63) is 83.7 Å². The Morgan fingerprint density at radius 2 is 1.54 bits per heavy atom. The van der Waals surface area contributed by atoms with Gasteiger partial charge in [-0.15, -0.1) is 0 Å². The third-order valence-electron chi connectivity index (χ3n) is 7.49. The predicted octanol–water partition coefficient (Wildman–Crippen LogP) is 6.14. The van der Waals surface area contributed by atoms with Crippen LogP contribution in [0.4, 0.5) is 26.3 Å². The highest BCUT2D eigenvalue weighted by molar-refractivity contribution is 5.78. The Labute approximate surface area is 258 Å². The molecule has 1 aliphatic heterocycles. The lowest BCUT2D eigenvalue weighted by atomic mass is 10.1. The maximum absolute atomic E-state index is 13.4. The van der Waals surface area contributed by atoms with Crippen LogP contribution < -0.4 is 4.74 Å². The number of benzene rings is 3. The molecule has 1 N–H and O–H groups in total. The van der Waals surface area contributed by atoms with E-state index >= 15 is 0 Å². The normalized spacial score (nSPS) is 15.8. The number of oxazole rings is 1. The highest BCUT2D eigenvalue weighted by Crippen LogP contribution is 2.38. The van der Waals surface area contributed by atoms with Gasteiger partial charge in [0.15, 0.2) is 11.4 Å². The molecule has 1 fully saturated rings. The second-order valence-electron chi connectivity index (χ2n) is 10.8. The van der Waals surface area contributed by atoms with Crippen LogP contribution >= 0.6 is 0 Å². The van der Waals surface area contributed by atoms with Crippen LogP contribution in [0, 0.1) is 0 Å². The minimum absolute atomic E-state index is 0.0110. The Morgan fingerprint density at radius 1 is 0.826 bits per heavy atom. The number of ether oxygens (including phenoxy) is 1. The van der Waals surface area contributed by atoms with E-state index in [2.05, 4.69) is 24.9 Å². The van der Waals surface area contributed by atoms with Crippen molar-refractivity contribution in [2.45, 2.75) is 25.0 Å². The largest absolute Gasteiger partial charge is 0.491 e. The summed E-state index contributed by atoms with van der Waals surface area (Å²) in [6, 6.07) is 14.3. The number of aromatic nitrogens is 3. The molecule has 6 rings (SSSR count). The van der Waals surface area contributed by atoms with E-state index in [1.165, 1.54) is 30.3 Å². The molecule has 1 saturated heterocycles. The van der Waals surface area contributed by atoms with Crippen LogP contribution in [0.15, 0.2) is 75.7 Å². The number of rotatable bonds is 9. The second-order valence-corrected chi connectivity index (χ2v) is 10.8. The molecule has 2 aromatic heterocycles. The van der Waals surface area contributed by atoms with Crippen LogP contribution in [0.2, 0.25) is 0 Å². The summed E-state index contributed by atoms with van der Waals surface area (Å²) in [5, 5.41) is 14.5. The summed E-state index contributed by atoms with van der Waals surface area (Å²) in [6.45, 7) is 3.40. The molecule has 0 spiro atoms. The maximum atomic E-state index is 13.4. The molecule has 3 aromatic carbocycles. The molecule has 0 radical (unpaired) electrons. The van der Waals surface area contributed by atoms with Gasteiger partial charge in [-0.2, -0.15) is 31.3 Å². The van der Waals surface area contributed by atoms with E-state index in [1.807, 2.05) is 0 Å². The summed E-state index contributed by atoms with van der Waals surface area (Å²) in [5.41, 5.74) is -0.750. The fraction of sp³-hybridized carbons (Fsp3) is 0.323. The van der Waals surface area contributed by atoms with Gasteiger partial charge in [0.25, 0.3) is 5.89 Å². The van der Waals surface area contributed by atoms with E-state index in [0.29, 0.717) is 67.5 Å². The fourth-order valence-corrected chi connectivity index (χ4v) is 5.14. The molecule has 46 heavy (non-hydrogen) atoms. The van der Waals surface area contributed by atoms with Crippen molar-refractivity contribution in [2.75, 3.05) is 39.3 Å². The van der Waals surface area contributed by atoms with E-state index in [1.54, 1.807) is 18.2 Å². The van der Waals surface area contributed by atoms with Crippen LogP contribution in [0.25, 0.3) is 34.0 Å². The summed E-state index contributed by atoms with van der Waals surface area (Å²) in [5.74, 6) is 0.784. The van der Waals surface area contributed by atoms with Gasteiger partial charge in [0.1, 0.15) is 24.0 Å². The molecule has 1 aliphatic rings. The Morgan fingerprint density at radius 3 is 2.26 bits per heavy atom. The quantitative estimate of drug-likeness (QED) is 0.189. The molecule has 5 aromatic rings. The lowest BCUT2D eigenvalue weighted by Crippen LogP contribution is -2.48. The van der Waals surface area contributed by atoms with Crippen LogP contribution in [-0.4, -0.2) is 75.5 Å². The van der Waals surface area contributed by atoms with Crippen LogP contribution in [0.5, 0.6) is 5.75 Å². The van der Waals surface area contributed by atoms with Gasteiger partial charge in [0, 0.05) is 49.9 Å². The Bertz CT molecular complexity index is 1780. The van der Waals surface area contributed by atoms with Crippen molar-refractivity contribution in [2.24, 2.45) is 0 Å². The molecule has 1 atom stereocenters. The number of nitrogens with zero attached hydrogens (tertiary/aromatic N) is 5. The lowest BCUT2D eigenvalue weighted by molar-refractivity contribution is -0.138. The van der Waals surface area contributed by atoms with Gasteiger partial charge in [-0.25, -0.2) is 4.98 Å². The van der Waals surface area contributed by atoms with Crippen molar-refractivity contribution < 1.29 is 45.1 Å². The van der Waals surface area contributed by atoms with Crippen molar-refractivity contribution in [1.82, 2.24) is 24.9 Å². The zero-order valence-electron chi connectivity index (χ0n) is 24.1. The standard InChI is InChI=1S/C31H27F6N5O4/c32-30(33,34)20-7-5-19(6-8-20)28-39-27(40-46-28)17-42-13-11-41(12-14-42)16-21(43)18-44-22-9-10-26-25(15-22)38-29(45-26)23-3-1-2-4-24(23)31(35,36)37/h1-10,15,21,43H,11-14,16-18H2/t21-/m0/s1. The lowest BCUT2D eigenvalue weighted by Gasteiger charge is -2.34. The first-order valence-electron chi connectivity index (χ1n) is 14.3. The number of aliphatic hydroxyl groups is 1. The van der Waals surface area contributed by atoms with Crippen molar-refractivity contribution in [3.63, 3.8) is 0 Å². The summed E-state index contributed by atoms with van der Waals surface area (Å²) in [4.78, 5) is 12.7. The first-order valence-corrected chi connectivity index (χ1v) is 14.3. The molecule has 0 unspecified atom stereocenters. The molecule has 0 saturated carbocycles. The van der Waals surface area contributed by atoms with E-state index < -0.39 is 29.6 Å². The number of alkyl halides is 6. The highest BCUT2D eigenvalue weighted by Gasteiger charge is 2.35. The molecule has 15 heteroatoms. The van der Waals surface area contributed by atoms with Gasteiger partial charge < -0.3 is 18.8 Å². The average molecular weight is 648 g/mol. The van der Waals surface area contributed by atoms with Gasteiger partial charge in [0.05, 0.1) is 17.7 Å². The average Bonchev–Trinajstić information content (AvgIpc) is 3.67. The number of hydrogen-bond acceptors (Lipinski definition) is 9. The van der Waals surface area contributed by atoms with Crippen molar-refractivity contribution >= 4 is 11.1 Å². The number of aliphatic hydroxyl groups excluding tert-OH is 1. The maximum Gasteiger partial charge on any atom is 0.417 e. The minimum atomic E-state index is -4.56. The summed E-state index contributed by atoms with van der Waals surface area (Å²) in [7, 11) is 0. The zero-order valence-corrected chi connectivity index (χ0v) is 24.1. The molecule has 242 valence electrons. The zero-order chi connectivity index (χ0) is 32.5. The number of halogens is 6. The SMILES string of the molecule is O[C@H](COc1ccc2oc(-c3ccccc3C(F)(F)F)nc2c1)CN1CCN(Cc2noc(-c3ccc(C(F)(F)F)cc3)n2)CC1. The van der Waals surface area contributed by atoms with Gasteiger partial charge in [-0.05, 0) is 48.5 Å². The van der Waals surface area contributed by atoms with Crippen molar-refractivity contribution in [1.29, 1.82) is 0 Å². The molecule has 0 aliphatic carbocycles. The summed E-state index contributed by atoms with van der Waals surface area (Å²) in [6.07, 6.45) is -9.80. The van der Waals surface area contributed by atoms with Crippen LogP contribution in [0.1, 0.15) is 17.0 Å². The van der Waals surface area contributed by atoms with Gasteiger partial charge in [-0.3, -0.25) is 9.80 Å². The monoisotopic (exact) mass is 647 g/mol. The number of fused-ring (bicyclic) bond motifs is 1. The van der Waals surface area contributed by atoms with Crippen LogP contribution in [0.3, 0.4) is 0 Å². The highest BCUT2D eigenvalue weighted by atomic mass is 19.4. The predicted molar refractivity (Wildman–Crippen MR) is 152 cm³/mol. The van der Waals surface area contributed by atoms with E-state index in [-0.39, 0.29) is 24.0 Å². The second kappa shape index (κ2) is 12.7. The van der Waals surface area contributed by atoms with Gasteiger partial charge >= 0.3 is 12.4 Å². The molecule has 0 amide bonds. The third-order valence-corrected chi connectivity index (χ3v) is 7.49. The number of hydrogen-bond donors (Lipinski definition) is 1. The topological polar surface area (TPSA) is 101 Å². The molecule has 3 heterocycles. The molecule has 0 bridgehead atoms. The van der Waals surface area contributed by atoms with E-state index in [9.17, 15) is 31.4 Å². The molecular weight excluding hydrogens is 620 g/mol. The Hall–Kier alpha value is -4.47. The first-order chi connectivity index (χ1) is 21.9. The van der Waals surface area contributed by atoms with E-state index in [0.717, 1.165) is 18.2 Å². The van der Waals surface area contributed by atoms with Crippen molar-refractivity contribution in [3.8, 4) is 28.7 Å². The smallest absolute Gasteiger partial charge is 0.417 e. The number of β-amino-alcohol motifs (C(OH)–C–C–N with tert-alkyl or cyclic N) is 1. The fourth-order valence-electron chi connectivity index (χ4n) is 5.14. The Kier molecular flexibility index (Phi) is 8.72. The van der Waals surface area contributed by atoms with Gasteiger partial charge in [0.2, 0.25) is 5.89 Å². The molecular formula is C31H27F6N5O4. The van der Waals surface area contributed by atoms with Gasteiger partial charge in [-0.1, -0.05) is 17.3 Å². The third kappa shape index (κ3) is 7.32. The number of piperazine rings is 1. The van der Waals surface area contributed by atoms with E-state index in [4.69, 9.17) is 13.7 Å². The molecule has 9 nitrogen and oxygen atoms in total. The summed E-state index contributed by atoms with van der Waals surface area (Å²) < 4.78 is 95.3.